The first-order valence-electron chi connectivity index (χ1n) is 11.2. The van der Waals surface area contributed by atoms with Crippen molar-refractivity contribution in [3.05, 3.63) is 64.7 Å². The van der Waals surface area contributed by atoms with Gasteiger partial charge in [-0.15, -0.1) is 0 Å². The maximum atomic E-state index is 13.7. The number of benzene rings is 1. The predicted octanol–water partition coefficient (Wildman–Crippen LogP) is 7.53. The molecule has 1 fully saturated rings. The molecule has 1 heterocycles. The van der Waals surface area contributed by atoms with Gasteiger partial charge in [0.2, 0.25) is 5.95 Å². The molecule has 0 saturated heterocycles. The first-order valence-corrected chi connectivity index (χ1v) is 11.2. The summed E-state index contributed by atoms with van der Waals surface area (Å²) in [6, 6.07) is 10.1. The molecule has 158 valence electrons. The highest BCUT2D eigenvalue weighted by atomic mass is 19.2. The molecule has 1 aromatic carbocycles. The van der Waals surface area contributed by atoms with Gasteiger partial charge in [0.25, 0.3) is 5.95 Å². The molecule has 29 heavy (non-hydrogen) atoms. The molecule has 1 saturated carbocycles. The largest absolute Gasteiger partial charge is 0.251 e. The minimum absolute atomic E-state index is 0.181. The van der Waals surface area contributed by atoms with Crippen LogP contribution in [0.3, 0.4) is 0 Å². The lowest BCUT2D eigenvalue weighted by atomic mass is 9.77. The number of aromatic nitrogens is 1. The van der Waals surface area contributed by atoms with Crippen molar-refractivity contribution in [3.8, 4) is 0 Å². The molecule has 0 bridgehead atoms. The minimum Gasteiger partial charge on any atom is -0.202 e. The molecule has 1 aromatic heterocycles. The van der Waals surface area contributed by atoms with Crippen LogP contribution in [0.5, 0.6) is 0 Å². The van der Waals surface area contributed by atoms with Crippen molar-refractivity contribution >= 4 is 0 Å². The summed E-state index contributed by atoms with van der Waals surface area (Å²) in [5, 5.41) is 0. The highest BCUT2D eigenvalue weighted by Crippen LogP contribution is 2.37. The predicted molar refractivity (Wildman–Crippen MR) is 111 cm³/mol. The topological polar surface area (TPSA) is 12.9 Å². The summed E-state index contributed by atoms with van der Waals surface area (Å²) in [5.41, 5.74) is 3.04. The fourth-order valence-electron chi connectivity index (χ4n) is 4.52. The van der Waals surface area contributed by atoms with Crippen molar-refractivity contribution in [3.63, 3.8) is 0 Å². The van der Waals surface area contributed by atoms with E-state index >= 15 is 0 Å². The van der Waals surface area contributed by atoms with Gasteiger partial charge in [-0.05, 0) is 80.4 Å². The standard InChI is InChI=1S/C25H32F3N/c1-2-3-4-5-6-18-7-12-20(13-8-18)21-14-9-19(10-15-21)11-16-22-17-23(26)25(28)29-24(22)27/h7-8,12-13,17,19,21H,2-6,9-11,14-16H2,1H3. The first kappa shape index (κ1) is 21.9. The van der Waals surface area contributed by atoms with Crippen molar-refractivity contribution in [2.45, 2.75) is 83.5 Å². The van der Waals surface area contributed by atoms with Crippen LogP contribution in [-0.4, -0.2) is 4.98 Å². The van der Waals surface area contributed by atoms with Crippen LogP contribution in [0.15, 0.2) is 30.3 Å². The molecule has 0 unspecified atom stereocenters. The number of hydrogen-bond acceptors (Lipinski definition) is 1. The Kier molecular flexibility index (Phi) is 8.14. The Morgan fingerprint density at radius 3 is 2.28 bits per heavy atom. The highest BCUT2D eigenvalue weighted by Gasteiger charge is 2.23. The molecule has 1 aliphatic carbocycles. The summed E-state index contributed by atoms with van der Waals surface area (Å²) in [7, 11) is 0. The molecule has 1 nitrogen and oxygen atoms in total. The van der Waals surface area contributed by atoms with E-state index in [0.717, 1.165) is 38.2 Å². The van der Waals surface area contributed by atoms with Gasteiger partial charge in [0.15, 0.2) is 5.82 Å². The molecule has 0 N–H and O–H groups in total. The third-order valence-corrected chi connectivity index (χ3v) is 6.40. The molecule has 0 atom stereocenters. The molecule has 1 aliphatic rings. The van der Waals surface area contributed by atoms with Gasteiger partial charge in [0.05, 0.1) is 0 Å². The lowest BCUT2D eigenvalue weighted by Crippen LogP contribution is -2.14. The number of nitrogens with zero attached hydrogens (tertiary/aromatic N) is 1. The number of aryl methyl sites for hydroxylation is 2. The van der Waals surface area contributed by atoms with Crippen LogP contribution in [0.1, 0.15) is 87.3 Å². The first-order chi connectivity index (χ1) is 14.1. The zero-order valence-corrected chi connectivity index (χ0v) is 17.4. The van der Waals surface area contributed by atoms with Crippen LogP contribution in [0, 0.1) is 23.6 Å². The van der Waals surface area contributed by atoms with Crippen LogP contribution in [0.25, 0.3) is 0 Å². The zero-order valence-electron chi connectivity index (χ0n) is 17.4. The van der Waals surface area contributed by atoms with E-state index in [2.05, 4.69) is 36.2 Å². The van der Waals surface area contributed by atoms with Gasteiger partial charge in [0.1, 0.15) is 0 Å². The summed E-state index contributed by atoms with van der Waals surface area (Å²) in [6.45, 7) is 2.24. The highest BCUT2D eigenvalue weighted by molar-refractivity contribution is 5.26. The summed E-state index contributed by atoms with van der Waals surface area (Å²) >= 11 is 0. The summed E-state index contributed by atoms with van der Waals surface area (Å²) in [4.78, 5) is 3.01. The third-order valence-electron chi connectivity index (χ3n) is 6.40. The smallest absolute Gasteiger partial charge is 0.202 e. The number of rotatable bonds is 9. The van der Waals surface area contributed by atoms with Gasteiger partial charge < -0.3 is 0 Å². The van der Waals surface area contributed by atoms with E-state index in [-0.39, 0.29) is 5.56 Å². The SMILES string of the molecule is CCCCCCc1ccc(C2CCC(CCc3cc(F)c(F)nc3F)CC2)cc1. The van der Waals surface area contributed by atoms with Gasteiger partial charge in [-0.2, -0.15) is 13.8 Å². The van der Waals surface area contributed by atoms with Gasteiger partial charge in [0, 0.05) is 5.56 Å². The van der Waals surface area contributed by atoms with Crippen molar-refractivity contribution in [1.29, 1.82) is 0 Å². The van der Waals surface area contributed by atoms with Gasteiger partial charge in [-0.3, -0.25) is 0 Å². The Morgan fingerprint density at radius 1 is 0.862 bits per heavy atom. The van der Waals surface area contributed by atoms with E-state index < -0.39 is 17.7 Å². The van der Waals surface area contributed by atoms with E-state index in [4.69, 9.17) is 0 Å². The second-order valence-corrected chi connectivity index (χ2v) is 8.52. The van der Waals surface area contributed by atoms with E-state index in [1.165, 1.54) is 43.2 Å². The van der Waals surface area contributed by atoms with Gasteiger partial charge in [-0.25, -0.2) is 4.39 Å². The molecule has 2 aromatic rings. The Balaban J connectivity index is 1.44. The van der Waals surface area contributed by atoms with E-state index in [1.54, 1.807) is 0 Å². The second-order valence-electron chi connectivity index (χ2n) is 8.52. The van der Waals surface area contributed by atoms with Crippen LogP contribution in [-0.2, 0) is 12.8 Å². The number of halogens is 3. The number of unbranched alkanes of at least 4 members (excludes halogenated alkanes) is 3. The number of pyridine rings is 1. The Morgan fingerprint density at radius 2 is 1.59 bits per heavy atom. The summed E-state index contributed by atoms with van der Waals surface area (Å²) < 4.78 is 39.9. The van der Waals surface area contributed by atoms with E-state index in [1.807, 2.05) is 0 Å². The van der Waals surface area contributed by atoms with Crippen molar-refractivity contribution in [2.75, 3.05) is 0 Å². The van der Waals surface area contributed by atoms with Crippen molar-refractivity contribution in [2.24, 2.45) is 5.92 Å². The molecular weight excluding hydrogens is 371 g/mol. The number of hydrogen-bond donors (Lipinski definition) is 0. The maximum Gasteiger partial charge on any atom is 0.251 e. The Bertz CT molecular complexity index is 764. The lowest BCUT2D eigenvalue weighted by Gasteiger charge is -2.29. The van der Waals surface area contributed by atoms with Crippen LogP contribution >= 0.6 is 0 Å². The van der Waals surface area contributed by atoms with Crippen LogP contribution < -0.4 is 0 Å². The molecular formula is C25H32F3N. The maximum absolute atomic E-state index is 13.7. The molecule has 4 heteroatoms. The average molecular weight is 404 g/mol. The minimum atomic E-state index is -1.36. The fourth-order valence-corrected chi connectivity index (χ4v) is 4.52. The normalized spacial score (nSPS) is 19.4. The zero-order chi connectivity index (χ0) is 20.6. The Hall–Kier alpha value is -1.84. The Labute approximate surface area is 172 Å². The van der Waals surface area contributed by atoms with Gasteiger partial charge in [-0.1, -0.05) is 50.5 Å². The monoisotopic (exact) mass is 403 g/mol. The molecule has 0 radical (unpaired) electrons. The average Bonchev–Trinajstić information content (AvgIpc) is 2.74. The molecule has 3 rings (SSSR count). The molecule has 0 aliphatic heterocycles. The summed E-state index contributed by atoms with van der Waals surface area (Å²) in [6.07, 6.45) is 12.0. The molecule has 0 spiro atoms. The van der Waals surface area contributed by atoms with Crippen molar-refractivity contribution in [1.82, 2.24) is 4.98 Å². The molecule has 0 amide bonds. The van der Waals surface area contributed by atoms with E-state index in [0.29, 0.717) is 18.3 Å². The van der Waals surface area contributed by atoms with Gasteiger partial charge >= 0.3 is 0 Å². The summed E-state index contributed by atoms with van der Waals surface area (Å²) in [5.74, 6) is -2.20. The third kappa shape index (κ3) is 6.32. The van der Waals surface area contributed by atoms with Crippen molar-refractivity contribution < 1.29 is 13.2 Å². The van der Waals surface area contributed by atoms with Crippen LogP contribution in [0.4, 0.5) is 13.2 Å². The lowest BCUT2D eigenvalue weighted by molar-refractivity contribution is 0.308. The van der Waals surface area contributed by atoms with E-state index in [9.17, 15) is 13.2 Å². The van der Waals surface area contributed by atoms with Crippen LogP contribution in [0.2, 0.25) is 0 Å². The quantitative estimate of drug-likeness (QED) is 0.311. The fraction of sp³-hybridized carbons (Fsp3) is 0.560. The second kappa shape index (κ2) is 10.8.